The Bertz CT molecular complexity index is 2260. The van der Waals surface area contributed by atoms with Crippen LogP contribution in [-0.4, -0.2) is 102 Å². The third-order valence-electron chi connectivity index (χ3n) is 12.0. The smallest absolute Gasteiger partial charge is 0.417 e. The van der Waals surface area contributed by atoms with E-state index in [1.807, 2.05) is 17.9 Å². The molecule has 0 aliphatic carbocycles. The second kappa shape index (κ2) is 15.0. The van der Waals surface area contributed by atoms with Crippen LogP contribution in [0.15, 0.2) is 18.2 Å². The molecular formula is C39H41F6N7O4S. The lowest BCUT2D eigenvalue weighted by atomic mass is 9.92. The molecule has 4 unspecified atom stereocenters. The predicted octanol–water partition coefficient (Wildman–Crippen LogP) is 7.82. The lowest BCUT2D eigenvalue weighted by Gasteiger charge is -2.35. The largest absolute Gasteiger partial charge is 0.461 e. The van der Waals surface area contributed by atoms with Gasteiger partial charge in [0, 0.05) is 55.2 Å². The number of benzene rings is 2. The van der Waals surface area contributed by atoms with Crippen molar-refractivity contribution in [2.24, 2.45) is 0 Å². The van der Waals surface area contributed by atoms with Gasteiger partial charge in [0.1, 0.15) is 47.1 Å². The number of likely N-dealkylation sites (N-methyl/N-ethyl adjacent to an activating group) is 1. The summed E-state index contributed by atoms with van der Waals surface area (Å²) in [5, 5.41) is 9.26. The monoisotopic (exact) mass is 817 g/mol. The van der Waals surface area contributed by atoms with Crippen LogP contribution in [0.25, 0.3) is 32.1 Å². The molecule has 11 nitrogen and oxygen atoms in total. The molecule has 4 aliphatic rings. The molecular weight excluding hydrogens is 777 g/mol. The van der Waals surface area contributed by atoms with Gasteiger partial charge in [0.2, 0.25) is 0 Å². The van der Waals surface area contributed by atoms with Crippen molar-refractivity contribution in [1.29, 1.82) is 5.26 Å². The van der Waals surface area contributed by atoms with E-state index in [-0.39, 0.29) is 82.2 Å². The number of nitriles is 1. The molecule has 0 saturated carbocycles. The summed E-state index contributed by atoms with van der Waals surface area (Å²) in [7, 11) is 0. The number of nitrogens with zero attached hydrogens (tertiary/aromatic N) is 6. The molecule has 57 heavy (non-hydrogen) atoms. The lowest BCUT2D eigenvalue weighted by molar-refractivity contribution is -0.137. The topological polar surface area (TPSA) is 130 Å². The van der Waals surface area contributed by atoms with E-state index in [1.54, 1.807) is 16.7 Å². The van der Waals surface area contributed by atoms with Crippen LogP contribution in [-0.2, 0) is 15.7 Å². The van der Waals surface area contributed by atoms with E-state index >= 15 is 22.0 Å². The number of carbonyl (C=O) groups excluding carboxylic acids is 1. The van der Waals surface area contributed by atoms with E-state index in [9.17, 15) is 14.4 Å². The summed E-state index contributed by atoms with van der Waals surface area (Å²) in [4.78, 5) is 27.7. The number of nitrogen functional groups attached to an aromatic ring is 1. The number of hydrogen-bond acceptors (Lipinski definition) is 11. The van der Waals surface area contributed by atoms with E-state index in [4.69, 9.17) is 19.9 Å². The van der Waals surface area contributed by atoms with Crippen molar-refractivity contribution in [3.63, 3.8) is 0 Å². The Morgan fingerprint density at radius 3 is 2.68 bits per heavy atom. The van der Waals surface area contributed by atoms with Crippen LogP contribution in [0.2, 0.25) is 0 Å². The fraction of sp³-hybridized carbons (Fsp3) is 0.538. The minimum absolute atomic E-state index is 0.0381. The van der Waals surface area contributed by atoms with Gasteiger partial charge in [0.25, 0.3) is 0 Å². The van der Waals surface area contributed by atoms with Crippen LogP contribution in [0.1, 0.15) is 63.5 Å². The van der Waals surface area contributed by atoms with Gasteiger partial charge in [-0.25, -0.2) is 18.0 Å². The number of likely N-dealkylation sites (tertiary alicyclic amines) is 1. The first-order valence-electron chi connectivity index (χ1n) is 19.1. The van der Waals surface area contributed by atoms with Crippen LogP contribution in [0.5, 0.6) is 6.01 Å². The number of amides is 1. The first-order valence-corrected chi connectivity index (χ1v) is 19.9. The van der Waals surface area contributed by atoms with Gasteiger partial charge in [-0.1, -0.05) is 6.07 Å². The summed E-state index contributed by atoms with van der Waals surface area (Å²) in [6.45, 7) is 5.89. The number of aromatic nitrogens is 2. The van der Waals surface area contributed by atoms with Gasteiger partial charge in [0.05, 0.1) is 46.7 Å². The number of anilines is 2. The Labute approximate surface area is 328 Å². The highest BCUT2D eigenvalue weighted by Crippen LogP contribution is 2.49. The standard InChI is InChI=1S/C39H41F6N7O4S/c1-3-51(28-7-12-52(20(28)2)37(53)56-22-8-13-54-14-9-22)35-24-15-26(39(43,44)45)30(23-5-6-27(41)33-29(23)25(17-46)34(47)57-33)31(42)32(24)48-36(49-35)55-19-38-10-4-11-50(38)18-21(40)16-38/h5-6,15,20-22,28H,3-4,7-14,16,18-19,47H2,1-2H3. The highest BCUT2D eigenvalue weighted by molar-refractivity contribution is 7.23. The second-order valence-corrected chi connectivity index (χ2v) is 16.3. The molecule has 4 atom stereocenters. The first kappa shape index (κ1) is 39.2. The number of nitrogens with two attached hydrogens (primary N) is 1. The molecule has 4 saturated heterocycles. The van der Waals surface area contributed by atoms with Crippen molar-refractivity contribution >= 4 is 49.2 Å². The Morgan fingerprint density at radius 2 is 1.96 bits per heavy atom. The zero-order chi connectivity index (χ0) is 40.4. The number of carbonyl (C=O) groups is 1. The van der Waals surface area contributed by atoms with Gasteiger partial charge in [-0.2, -0.15) is 28.4 Å². The molecule has 18 heteroatoms. The average Bonchev–Trinajstić information content (AvgIpc) is 3.92. The van der Waals surface area contributed by atoms with Crippen molar-refractivity contribution in [3.8, 4) is 23.2 Å². The van der Waals surface area contributed by atoms with Crippen LogP contribution >= 0.6 is 11.3 Å². The average molecular weight is 818 g/mol. The fourth-order valence-electron chi connectivity index (χ4n) is 9.26. The first-order chi connectivity index (χ1) is 27.2. The van der Waals surface area contributed by atoms with Crippen molar-refractivity contribution in [3.05, 3.63) is 41.0 Å². The Hall–Kier alpha value is -4.60. The molecule has 0 spiro atoms. The molecule has 4 aromatic rings. The number of fused-ring (bicyclic) bond motifs is 3. The Kier molecular flexibility index (Phi) is 10.3. The van der Waals surface area contributed by atoms with Gasteiger partial charge >= 0.3 is 18.3 Å². The zero-order valence-corrected chi connectivity index (χ0v) is 32.1. The van der Waals surface area contributed by atoms with E-state index < -0.39 is 64.3 Å². The highest BCUT2D eigenvalue weighted by Gasteiger charge is 2.50. The number of alkyl halides is 4. The minimum Gasteiger partial charge on any atom is -0.461 e. The van der Waals surface area contributed by atoms with Gasteiger partial charge in [-0.05, 0) is 57.4 Å². The Balaban J connectivity index is 1.28. The van der Waals surface area contributed by atoms with Crippen molar-refractivity contribution in [2.45, 2.75) is 88.4 Å². The van der Waals surface area contributed by atoms with Gasteiger partial charge in [-0.15, -0.1) is 11.3 Å². The maximum atomic E-state index is 17.4. The third kappa shape index (κ3) is 6.84. The maximum absolute atomic E-state index is 17.4. The molecule has 6 heterocycles. The van der Waals surface area contributed by atoms with Crippen molar-refractivity contribution in [1.82, 2.24) is 19.8 Å². The molecule has 2 N–H and O–H groups in total. The van der Waals surface area contributed by atoms with Gasteiger partial charge < -0.3 is 29.7 Å². The SMILES string of the molecule is CCN(c1nc(OCC23CCCN2CC(F)C3)nc2c(F)c(-c3ccc(F)c4sc(N)c(C#N)c34)c(C(F)(F)F)cc12)C1CCN(C(=O)OC2CCOCC2)C1C. The van der Waals surface area contributed by atoms with Crippen LogP contribution in [0.3, 0.4) is 0 Å². The zero-order valence-electron chi connectivity index (χ0n) is 31.3. The summed E-state index contributed by atoms with van der Waals surface area (Å²) in [6.07, 6.45) is -3.83. The molecule has 4 aliphatic heterocycles. The number of halogens is 6. The van der Waals surface area contributed by atoms with Crippen LogP contribution in [0.4, 0.5) is 42.0 Å². The fourth-order valence-corrected chi connectivity index (χ4v) is 10.2. The van der Waals surface area contributed by atoms with Crippen molar-refractivity contribution in [2.75, 3.05) is 56.6 Å². The lowest BCUT2D eigenvalue weighted by Crippen LogP contribution is -2.47. The minimum atomic E-state index is -5.15. The molecule has 1 amide bonds. The number of rotatable bonds is 8. The molecule has 8 rings (SSSR count). The summed E-state index contributed by atoms with van der Waals surface area (Å²) in [6, 6.07) is 3.20. The summed E-state index contributed by atoms with van der Waals surface area (Å²) in [5.74, 6) is -2.28. The summed E-state index contributed by atoms with van der Waals surface area (Å²) < 4.78 is 110. The van der Waals surface area contributed by atoms with E-state index in [2.05, 4.69) is 9.97 Å². The van der Waals surface area contributed by atoms with Gasteiger partial charge in [0.15, 0.2) is 5.82 Å². The Morgan fingerprint density at radius 1 is 1.19 bits per heavy atom. The maximum Gasteiger partial charge on any atom is 0.417 e. The second-order valence-electron chi connectivity index (χ2n) is 15.2. The third-order valence-corrected chi connectivity index (χ3v) is 13.1. The predicted molar refractivity (Wildman–Crippen MR) is 201 cm³/mol. The quantitative estimate of drug-likeness (QED) is 0.176. The normalized spacial score (nSPS) is 24.3. The molecule has 304 valence electrons. The summed E-state index contributed by atoms with van der Waals surface area (Å²) in [5.41, 5.74) is 1.84. The molecule has 2 aromatic heterocycles. The molecule has 0 bridgehead atoms. The van der Waals surface area contributed by atoms with E-state index in [0.29, 0.717) is 56.8 Å². The number of hydrogen-bond donors (Lipinski definition) is 1. The number of ether oxygens (including phenoxy) is 3. The number of thiophene rings is 1. The molecule has 2 aromatic carbocycles. The van der Waals surface area contributed by atoms with E-state index in [0.717, 1.165) is 24.6 Å². The van der Waals surface area contributed by atoms with Crippen molar-refractivity contribution < 1.29 is 45.3 Å². The molecule has 4 fully saturated rings. The van der Waals surface area contributed by atoms with E-state index in [1.165, 1.54) is 0 Å². The van der Waals surface area contributed by atoms with Crippen LogP contribution in [0, 0.1) is 23.0 Å². The highest BCUT2D eigenvalue weighted by atomic mass is 32.1. The summed E-state index contributed by atoms with van der Waals surface area (Å²) >= 11 is 0.676. The van der Waals surface area contributed by atoms with Gasteiger partial charge in [-0.3, -0.25) is 4.90 Å². The molecule has 0 radical (unpaired) electrons. The van der Waals surface area contributed by atoms with Crippen LogP contribution < -0.4 is 15.4 Å².